The molecule has 0 aromatic rings. The molecular weight excluding hydrogens is 771 g/mol. The summed E-state index contributed by atoms with van der Waals surface area (Å²) in [5, 5.41) is 23.1. The number of rotatable bonds is 48. The Morgan fingerprint density at radius 2 is 0.714 bits per heavy atom. The lowest BCUT2D eigenvalue weighted by molar-refractivity contribution is -0.123. The van der Waals surface area contributed by atoms with Gasteiger partial charge >= 0.3 is 0 Å². The highest BCUT2D eigenvalue weighted by molar-refractivity contribution is 5.76. The lowest BCUT2D eigenvalue weighted by atomic mass is 10.0. The molecule has 0 rings (SSSR count). The zero-order valence-electron chi connectivity index (χ0n) is 41.6. The number of aliphatic hydroxyl groups excluding tert-OH is 2. The van der Waals surface area contributed by atoms with Gasteiger partial charge in [0, 0.05) is 6.42 Å². The van der Waals surface area contributed by atoms with Crippen molar-refractivity contribution in [2.24, 2.45) is 0 Å². The Bertz CT molecular complexity index is 1170. The number of unbranched alkanes of at least 4 members (excludes halogenated alkanes) is 27. The minimum Gasteiger partial charge on any atom is -0.394 e. The van der Waals surface area contributed by atoms with Crippen molar-refractivity contribution in [3.8, 4) is 0 Å². The molecule has 1 amide bonds. The molecule has 0 bridgehead atoms. The molecule has 0 aliphatic rings. The van der Waals surface area contributed by atoms with Gasteiger partial charge in [-0.2, -0.15) is 0 Å². The first-order chi connectivity index (χ1) is 31.2. The van der Waals surface area contributed by atoms with Crippen molar-refractivity contribution in [2.75, 3.05) is 6.61 Å². The number of aliphatic hydroxyl groups is 2. The molecule has 2 atom stereocenters. The minimum absolute atomic E-state index is 0.0793. The van der Waals surface area contributed by atoms with Crippen LogP contribution < -0.4 is 5.32 Å². The summed E-state index contributed by atoms with van der Waals surface area (Å²) in [7, 11) is 0. The van der Waals surface area contributed by atoms with Crippen molar-refractivity contribution in [2.45, 2.75) is 264 Å². The van der Waals surface area contributed by atoms with Crippen LogP contribution in [0.3, 0.4) is 0 Å². The van der Waals surface area contributed by atoms with Gasteiger partial charge in [-0.15, -0.1) is 0 Å². The maximum atomic E-state index is 12.5. The number of nitrogens with one attached hydrogen (secondary N) is 1. The Kier molecular flexibility index (Phi) is 51.4. The number of allylic oxidation sites excluding steroid dienone is 15. The van der Waals surface area contributed by atoms with E-state index in [9.17, 15) is 15.0 Å². The van der Waals surface area contributed by atoms with Gasteiger partial charge in [0.05, 0.1) is 18.8 Å². The molecule has 0 aromatic carbocycles. The standard InChI is InChI=1S/C59H103NO3/c1-3-5-7-9-11-13-15-17-19-21-23-24-25-26-27-28-29-30-31-32-33-34-35-36-37-39-41-43-45-47-49-51-53-55-59(63)60-57(56-61)58(62)54-52-50-48-46-44-42-40-38-22-20-18-16-14-12-10-8-6-4-2/h5,7,11,13,17,19,22-24,26-27,38,44,46,52,54,57-58,61-62H,3-4,6,8-10,12,14-16,18,20-21,25,28-37,39-43,45,47-51,53,55-56H2,1-2H3,(H,60,63)/b7-5-,13-11-,19-17-,24-23-,27-26-,38-22+,46-44+,54-52+. The molecule has 0 aromatic heterocycles. The maximum Gasteiger partial charge on any atom is 0.220 e. The Balaban J connectivity index is 3.55. The monoisotopic (exact) mass is 874 g/mol. The highest BCUT2D eigenvalue weighted by atomic mass is 16.3. The highest BCUT2D eigenvalue weighted by Crippen LogP contribution is 2.15. The molecule has 0 spiro atoms. The van der Waals surface area contributed by atoms with Gasteiger partial charge in [0.15, 0.2) is 0 Å². The molecular formula is C59H103NO3. The van der Waals surface area contributed by atoms with E-state index in [1.807, 2.05) is 6.08 Å². The average Bonchev–Trinajstić information content (AvgIpc) is 3.29. The number of hydrogen-bond donors (Lipinski definition) is 3. The Hall–Kier alpha value is -2.69. The van der Waals surface area contributed by atoms with E-state index in [0.717, 1.165) is 70.6 Å². The zero-order valence-corrected chi connectivity index (χ0v) is 41.6. The molecule has 362 valence electrons. The summed E-state index contributed by atoms with van der Waals surface area (Å²) in [6.45, 7) is 4.18. The number of hydrogen-bond acceptors (Lipinski definition) is 3. The molecule has 63 heavy (non-hydrogen) atoms. The van der Waals surface area contributed by atoms with Crippen LogP contribution in [0.15, 0.2) is 97.2 Å². The van der Waals surface area contributed by atoms with Gasteiger partial charge in [-0.1, -0.05) is 252 Å². The Morgan fingerprint density at radius 3 is 1.11 bits per heavy atom. The lowest BCUT2D eigenvalue weighted by Gasteiger charge is -2.19. The van der Waals surface area contributed by atoms with Gasteiger partial charge in [-0.3, -0.25) is 4.79 Å². The van der Waals surface area contributed by atoms with Crippen LogP contribution in [0.4, 0.5) is 0 Å². The van der Waals surface area contributed by atoms with Crippen LogP contribution in [0.5, 0.6) is 0 Å². The van der Waals surface area contributed by atoms with E-state index in [-0.39, 0.29) is 12.5 Å². The number of amides is 1. The van der Waals surface area contributed by atoms with Crippen molar-refractivity contribution in [1.82, 2.24) is 5.32 Å². The number of carbonyl (C=O) groups is 1. The molecule has 3 N–H and O–H groups in total. The summed E-state index contributed by atoms with van der Waals surface area (Å²) in [6.07, 6.45) is 79.8. The van der Waals surface area contributed by atoms with Crippen molar-refractivity contribution < 1.29 is 15.0 Å². The van der Waals surface area contributed by atoms with Crippen LogP contribution in [0.2, 0.25) is 0 Å². The molecule has 0 aliphatic carbocycles. The predicted octanol–water partition coefficient (Wildman–Crippen LogP) is 17.7. The van der Waals surface area contributed by atoms with Crippen molar-refractivity contribution in [3.63, 3.8) is 0 Å². The van der Waals surface area contributed by atoms with Gasteiger partial charge in [0.2, 0.25) is 5.91 Å². The van der Waals surface area contributed by atoms with Crippen LogP contribution in [-0.2, 0) is 4.79 Å². The fraction of sp³-hybridized carbons (Fsp3) is 0.712. The molecule has 4 heteroatoms. The molecule has 0 saturated heterocycles. The quantitative estimate of drug-likeness (QED) is 0.0421. The van der Waals surface area contributed by atoms with Gasteiger partial charge in [-0.25, -0.2) is 0 Å². The number of carbonyl (C=O) groups excluding carboxylic acids is 1. The molecule has 4 nitrogen and oxygen atoms in total. The van der Waals surface area contributed by atoms with E-state index in [4.69, 9.17) is 0 Å². The fourth-order valence-corrected chi connectivity index (χ4v) is 7.71. The third-order valence-electron chi connectivity index (χ3n) is 11.8. The van der Waals surface area contributed by atoms with Crippen LogP contribution in [0.25, 0.3) is 0 Å². The molecule has 2 unspecified atom stereocenters. The average molecular weight is 874 g/mol. The summed E-state index contributed by atoms with van der Waals surface area (Å²) < 4.78 is 0. The third kappa shape index (κ3) is 50.2. The highest BCUT2D eigenvalue weighted by Gasteiger charge is 2.17. The summed E-state index contributed by atoms with van der Waals surface area (Å²) in [5.41, 5.74) is 0. The molecule has 0 saturated carbocycles. The maximum absolute atomic E-state index is 12.5. The van der Waals surface area contributed by atoms with E-state index in [1.165, 1.54) is 161 Å². The third-order valence-corrected chi connectivity index (χ3v) is 11.8. The molecule has 0 fully saturated rings. The second kappa shape index (κ2) is 53.6. The van der Waals surface area contributed by atoms with Crippen LogP contribution in [0.1, 0.15) is 251 Å². The van der Waals surface area contributed by atoms with Crippen LogP contribution >= 0.6 is 0 Å². The minimum atomic E-state index is -0.874. The summed E-state index contributed by atoms with van der Waals surface area (Å²) in [6, 6.07) is -0.650. The van der Waals surface area contributed by atoms with Gasteiger partial charge < -0.3 is 15.5 Å². The van der Waals surface area contributed by atoms with E-state index in [2.05, 4.69) is 104 Å². The zero-order chi connectivity index (χ0) is 45.6. The van der Waals surface area contributed by atoms with Gasteiger partial charge in [-0.05, 0) is 89.9 Å². The van der Waals surface area contributed by atoms with Gasteiger partial charge in [0.25, 0.3) is 0 Å². The summed E-state index contributed by atoms with van der Waals surface area (Å²) in [4.78, 5) is 12.5. The fourth-order valence-electron chi connectivity index (χ4n) is 7.71. The Labute approximate surface area is 392 Å². The summed E-state index contributed by atoms with van der Waals surface area (Å²) >= 11 is 0. The Morgan fingerprint density at radius 1 is 0.397 bits per heavy atom. The molecule has 0 heterocycles. The smallest absolute Gasteiger partial charge is 0.220 e. The van der Waals surface area contributed by atoms with E-state index < -0.39 is 12.1 Å². The van der Waals surface area contributed by atoms with E-state index in [1.54, 1.807) is 6.08 Å². The summed E-state index contributed by atoms with van der Waals surface area (Å²) in [5.74, 6) is -0.0793. The van der Waals surface area contributed by atoms with Crippen LogP contribution in [0, 0.1) is 0 Å². The second-order valence-electron chi connectivity index (χ2n) is 17.9. The first-order valence-electron chi connectivity index (χ1n) is 27.0. The van der Waals surface area contributed by atoms with Crippen molar-refractivity contribution in [3.05, 3.63) is 97.2 Å². The normalized spacial score (nSPS) is 13.7. The molecule has 0 radical (unpaired) electrons. The van der Waals surface area contributed by atoms with Crippen molar-refractivity contribution >= 4 is 5.91 Å². The SMILES string of the molecule is CC/C=C\C/C=C\C/C=C\C/C=C\C/C=C\CCCCCCCCCCCCCCCCCCCC(=O)NC(CO)C(O)/C=C/CC/C=C/CC/C=C/CCCCCCCCCC. The largest absolute Gasteiger partial charge is 0.394 e. The predicted molar refractivity (Wildman–Crippen MR) is 280 cm³/mol. The van der Waals surface area contributed by atoms with E-state index in [0.29, 0.717) is 6.42 Å². The van der Waals surface area contributed by atoms with Gasteiger partial charge in [0.1, 0.15) is 0 Å². The first-order valence-corrected chi connectivity index (χ1v) is 27.0. The second-order valence-corrected chi connectivity index (χ2v) is 17.9. The lowest BCUT2D eigenvalue weighted by Crippen LogP contribution is -2.45. The van der Waals surface area contributed by atoms with Crippen molar-refractivity contribution in [1.29, 1.82) is 0 Å². The first kappa shape index (κ1) is 60.3. The molecule has 0 aliphatic heterocycles. The van der Waals surface area contributed by atoms with Crippen LogP contribution in [-0.4, -0.2) is 34.9 Å². The topological polar surface area (TPSA) is 69.6 Å². The van der Waals surface area contributed by atoms with E-state index >= 15 is 0 Å².